The standard InChI is InChI=1S/C27H29FN2O4S/c1-33-24-11-8-19(15-25(24)34-2)12-13-29(17-23-7-4-14-35-23)26(31)18-30(22-9-10-22)27(32)20-5-3-6-21(28)16-20/h3-8,11,14-16,22H,9-10,12-13,17-18H2,1-2H3. The molecule has 0 saturated heterocycles. The van der Waals surface area contributed by atoms with E-state index in [2.05, 4.69) is 0 Å². The van der Waals surface area contributed by atoms with Gasteiger partial charge in [0.1, 0.15) is 12.4 Å². The molecule has 8 heteroatoms. The number of carbonyl (C=O) groups is 2. The first-order chi connectivity index (χ1) is 17.0. The third-order valence-corrected chi connectivity index (χ3v) is 6.88. The fraction of sp³-hybridized carbons (Fsp3) is 0.333. The summed E-state index contributed by atoms with van der Waals surface area (Å²) in [5, 5.41) is 1.98. The lowest BCUT2D eigenvalue weighted by atomic mass is 10.1. The Morgan fingerprint density at radius 1 is 1.03 bits per heavy atom. The van der Waals surface area contributed by atoms with Crippen LogP contribution in [0.4, 0.5) is 4.39 Å². The van der Waals surface area contributed by atoms with E-state index in [0.29, 0.717) is 31.0 Å². The number of hydrogen-bond acceptors (Lipinski definition) is 5. The minimum absolute atomic E-state index is 0.0177. The molecule has 184 valence electrons. The first-order valence-corrected chi connectivity index (χ1v) is 12.4. The van der Waals surface area contributed by atoms with Crippen LogP contribution in [0.15, 0.2) is 60.0 Å². The van der Waals surface area contributed by atoms with Crippen LogP contribution in [-0.2, 0) is 17.8 Å². The van der Waals surface area contributed by atoms with Crippen molar-refractivity contribution in [2.75, 3.05) is 27.3 Å². The number of halogens is 1. The molecule has 3 aromatic rings. The van der Waals surface area contributed by atoms with Crippen molar-refractivity contribution in [3.63, 3.8) is 0 Å². The number of nitrogens with zero attached hydrogens (tertiary/aromatic N) is 2. The van der Waals surface area contributed by atoms with Gasteiger partial charge >= 0.3 is 0 Å². The second kappa shape index (κ2) is 11.4. The zero-order valence-corrected chi connectivity index (χ0v) is 20.7. The van der Waals surface area contributed by atoms with Crippen LogP contribution >= 0.6 is 11.3 Å². The van der Waals surface area contributed by atoms with Crippen LogP contribution in [0.1, 0.15) is 33.6 Å². The maximum Gasteiger partial charge on any atom is 0.254 e. The smallest absolute Gasteiger partial charge is 0.254 e. The van der Waals surface area contributed by atoms with E-state index in [1.54, 1.807) is 41.4 Å². The van der Waals surface area contributed by atoms with Gasteiger partial charge in [0.15, 0.2) is 11.5 Å². The van der Waals surface area contributed by atoms with Crippen molar-refractivity contribution in [1.29, 1.82) is 0 Å². The summed E-state index contributed by atoms with van der Waals surface area (Å²) in [5.41, 5.74) is 1.28. The predicted octanol–water partition coefficient (Wildman–Crippen LogP) is 4.78. The summed E-state index contributed by atoms with van der Waals surface area (Å²) in [6, 6.07) is 15.3. The lowest BCUT2D eigenvalue weighted by Crippen LogP contribution is -2.44. The average molecular weight is 497 g/mol. The topological polar surface area (TPSA) is 59.1 Å². The van der Waals surface area contributed by atoms with E-state index in [0.717, 1.165) is 23.3 Å². The van der Waals surface area contributed by atoms with Gasteiger partial charge in [-0.25, -0.2) is 4.39 Å². The van der Waals surface area contributed by atoms with Crippen molar-refractivity contribution in [2.24, 2.45) is 0 Å². The van der Waals surface area contributed by atoms with E-state index in [1.807, 2.05) is 35.7 Å². The summed E-state index contributed by atoms with van der Waals surface area (Å²) in [7, 11) is 3.19. The van der Waals surface area contributed by atoms with E-state index < -0.39 is 5.82 Å². The summed E-state index contributed by atoms with van der Waals surface area (Å²) < 4.78 is 24.4. The molecule has 1 fully saturated rings. The fourth-order valence-electron chi connectivity index (χ4n) is 3.97. The van der Waals surface area contributed by atoms with Gasteiger partial charge in [-0.05, 0) is 66.6 Å². The second-order valence-corrected chi connectivity index (χ2v) is 9.54. The van der Waals surface area contributed by atoms with Crippen LogP contribution in [0.5, 0.6) is 11.5 Å². The first-order valence-electron chi connectivity index (χ1n) is 11.6. The number of hydrogen-bond donors (Lipinski definition) is 0. The van der Waals surface area contributed by atoms with Crippen molar-refractivity contribution in [1.82, 2.24) is 9.80 Å². The van der Waals surface area contributed by atoms with Gasteiger partial charge in [0.2, 0.25) is 5.91 Å². The van der Waals surface area contributed by atoms with Crippen LogP contribution < -0.4 is 9.47 Å². The molecule has 35 heavy (non-hydrogen) atoms. The average Bonchev–Trinajstić information content (AvgIpc) is 3.59. The highest BCUT2D eigenvalue weighted by molar-refractivity contribution is 7.09. The Bertz CT molecular complexity index is 1160. The lowest BCUT2D eigenvalue weighted by Gasteiger charge is -2.28. The summed E-state index contributed by atoms with van der Waals surface area (Å²) >= 11 is 1.59. The highest BCUT2D eigenvalue weighted by atomic mass is 32.1. The molecular formula is C27H29FN2O4S. The van der Waals surface area contributed by atoms with Crippen LogP contribution in [-0.4, -0.2) is 55.0 Å². The molecule has 1 aliphatic rings. The highest BCUT2D eigenvalue weighted by Gasteiger charge is 2.35. The first kappa shape index (κ1) is 24.7. The largest absolute Gasteiger partial charge is 0.493 e. The van der Waals surface area contributed by atoms with Crippen molar-refractivity contribution in [3.8, 4) is 11.5 Å². The molecule has 0 N–H and O–H groups in total. The van der Waals surface area contributed by atoms with Crippen molar-refractivity contribution < 1.29 is 23.5 Å². The van der Waals surface area contributed by atoms with Crippen molar-refractivity contribution in [2.45, 2.75) is 31.8 Å². The van der Waals surface area contributed by atoms with Crippen LogP contribution in [0, 0.1) is 5.82 Å². The molecule has 1 aromatic heterocycles. The van der Waals surface area contributed by atoms with Crippen LogP contribution in [0.25, 0.3) is 0 Å². The summed E-state index contributed by atoms with van der Waals surface area (Å²) in [5.74, 6) is 0.388. The van der Waals surface area contributed by atoms with Gasteiger partial charge in [0.25, 0.3) is 5.91 Å². The van der Waals surface area contributed by atoms with E-state index in [9.17, 15) is 14.0 Å². The molecule has 1 saturated carbocycles. The molecule has 1 heterocycles. The number of ether oxygens (including phenoxy) is 2. The molecule has 0 atom stereocenters. The Morgan fingerprint density at radius 3 is 2.49 bits per heavy atom. The second-order valence-electron chi connectivity index (χ2n) is 8.51. The normalized spacial score (nSPS) is 12.8. The van der Waals surface area contributed by atoms with E-state index >= 15 is 0 Å². The Kier molecular flexibility index (Phi) is 8.02. The summed E-state index contributed by atoms with van der Waals surface area (Å²) in [4.78, 5) is 31.1. The SMILES string of the molecule is COc1ccc(CCN(Cc2cccs2)C(=O)CN(C(=O)c2cccc(F)c2)C2CC2)cc1OC. The molecule has 6 nitrogen and oxygen atoms in total. The van der Waals surface area contributed by atoms with Gasteiger partial charge < -0.3 is 19.3 Å². The van der Waals surface area contributed by atoms with Gasteiger partial charge in [0, 0.05) is 23.0 Å². The Labute approximate surface area is 208 Å². The molecule has 2 amide bonds. The fourth-order valence-corrected chi connectivity index (χ4v) is 4.69. The van der Waals surface area contributed by atoms with Crippen molar-refractivity contribution >= 4 is 23.2 Å². The molecule has 0 aliphatic heterocycles. The zero-order chi connectivity index (χ0) is 24.8. The molecule has 0 spiro atoms. The zero-order valence-electron chi connectivity index (χ0n) is 19.9. The Hall–Kier alpha value is -3.39. The molecule has 2 aromatic carbocycles. The van der Waals surface area contributed by atoms with E-state index in [4.69, 9.17) is 9.47 Å². The molecule has 0 bridgehead atoms. The third-order valence-electron chi connectivity index (χ3n) is 6.02. The van der Waals surface area contributed by atoms with Gasteiger partial charge in [-0.1, -0.05) is 18.2 Å². The monoisotopic (exact) mass is 496 g/mol. The Balaban J connectivity index is 1.49. The molecule has 1 aliphatic carbocycles. The number of methoxy groups -OCH3 is 2. The van der Waals surface area contributed by atoms with E-state index in [1.165, 1.54) is 18.2 Å². The predicted molar refractivity (Wildman–Crippen MR) is 133 cm³/mol. The van der Waals surface area contributed by atoms with Gasteiger partial charge in [0.05, 0.1) is 20.8 Å². The number of amides is 2. The quantitative estimate of drug-likeness (QED) is 0.383. The minimum Gasteiger partial charge on any atom is -0.493 e. The number of benzene rings is 2. The molecule has 0 radical (unpaired) electrons. The third kappa shape index (κ3) is 6.39. The van der Waals surface area contributed by atoms with Gasteiger partial charge in [-0.3, -0.25) is 9.59 Å². The van der Waals surface area contributed by atoms with Crippen LogP contribution in [0.2, 0.25) is 0 Å². The van der Waals surface area contributed by atoms with Gasteiger partial charge in [-0.15, -0.1) is 11.3 Å². The van der Waals surface area contributed by atoms with E-state index in [-0.39, 0.29) is 30.0 Å². The molecule has 0 unspecified atom stereocenters. The maximum absolute atomic E-state index is 13.7. The maximum atomic E-state index is 13.7. The number of carbonyl (C=O) groups excluding carboxylic acids is 2. The van der Waals surface area contributed by atoms with Gasteiger partial charge in [-0.2, -0.15) is 0 Å². The number of rotatable bonds is 11. The summed E-state index contributed by atoms with van der Waals surface area (Å²) in [6.07, 6.45) is 2.33. The number of thiophene rings is 1. The van der Waals surface area contributed by atoms with Crippen LogP contribution in [0.3, 0.4) is 0 Å². The molecule has 4 rings (SSSR count). The minimum atomic E-state index is -0.466. The molecular weight excluding hydrogens is 467 g/mol. The lowest BCUT2D eigenvalue weighted by molar-refractivity contribution is -0.132. The summed E-state index contributed by atoms with van der Waals surface area (Å²) in [6.45, 7) is 0.923. The highest BCUT2D eigenvalue weighted by Crippen LogP contribution is 2.29. The Morgan fingerprint density at radius 2 is 1.83 bits per heavy atom. The van der Waals surface area contributed by atoms with Crippen molar-refractivity contribution in [3.05, 3.63) is 81.8 Å².